The predicted octanol–water partition coefficient (Wildman–Crippen LogP) is 2.77. The molecule has 0 fully saturated rings. The Balaban J connectivity index is 2.07. The molecule has 4 nitrogen and oxygen atoms in total. The molecular weight excluding hydrogens is 252 g/mol. The quantitative estimate of drug-likeness (QED) is 0.843. The van der Waals surface area contributed by atoms with Gasteiger partial charge in [0.25, 0.3) is 0 Å². The smallest absolute Gasteiger partial charge is 0.123 e. The van der Waals surface area contributed by atoms with E-state index < -0.39 is 0 Å². The Hall–Kier alpha value is -1.78. The molecule has 2 aromatic rings. The van der Waals surface area contributed by atoms with Crippen molar-refractivity contribution in [2.75, 3.05) is 13.7 Å². The van der Waals surface area contributed by atoms with Crippen molar-refractivity contribution in [1.29, 1.82) is 0 Å². The average Bonchev–Trinajstić information content (AvgIpc) is 2.99. The van der Waals surface area contributed by atoms with Crippen molar-refractivity contribution in [3.05, 3.63) is 53.5 Å². The van der Waals surface area contributed by atoms with Crippen LogP contribution in [-0.4, -0.2) is 18.6 Å². The molecule has 0 aliphatic rings. The van der Waals surface area contributed by atoms with Crippen LogP contribution in [0.25, 0.3) is 0 Å². The van der Waals surface area contributed by atoms with Crippen LogP contribution in [0, 0.1) is 0 Å². The molecule has 0 spiro atoms. The molecule has 1 aromatic carbocycles. The molecule has 0 bridgehead atoms. The summed E-state index contributed by atoms with van der Waals surface area (Å²) in [6, 6.07) is 10.1. The van der Waals surface area contributed by atoms with Crippen LogP contribution in [0.15, 0.2) is 41.0 Å². The fourth-order valence-electron chi connectivity index (χ4n) is 2.22. The molecule has 108 valence electrons. The molecule has 2 N–H and O–H groups in total. The molecule has 0 aliphatic heterocycles. The third kappa shape index (κ3) is 3.62. The maximum atomic E-state index is 5.69. The molecule has 20 heavy (non-hydrogen) atoms. The number of ether oxygens (including phenoxy) is 1. The number of nitrogens with two attached hydrogens (primary N) is 1. The highest BCUT2D eigenvalue weighted by atomic mass is 16.5. The lowest BCUT2D eigenvalue weighted by Crippen LogP contribution is -2.22. The molecule has 0 aliphatic carbocycles. The number of methoxy groups -OCH3 is 1. The van der Waals surface area contributed by atoms with Gasteiger partial charge in [0.2, 0.25) is 0 Å². The molecule has 1 heterocycles. The molecule has 0 unspecified atom stereocenters. The van der Waals surface area contributed by atoms with Gasteiger partial charge >= 0.3 is 0 Å². The Morgan fingerprint density at radius 3 is 2.70 bits per heavy atom. The van der Waals surface area contributed by atoms with Crippen molar-refractivity contribution in [2.45, 2.75) is 26.6 Å². The minimum Gasteiger partial charge on any atom is -0.496 e. The summed E-state index contributed by atoms with van der Waals surface area (Å²) in [6.07, 6.45) is 1.71. The fourth-order valence-corrected chi connectivity index (χ4v) is 2.22. The number of nitrogens with zero attached hydrogens (tertiary/aromatic N) is 1. The van der Waals surface area contributed by atoms with Crippen molar-refractivity contribution < 1.29 is 9.15 Å². The number of benzene rings is 1. The van der Waals surface area contributed by atoms with Gasteiger partial charge in [0.1, 0.15) is 11.5 Å². The van der Waals surface area contributed by atoms with Crippen molar-refractivity contribution in [1.82, 2.24) is 4.90 Å². The minimum atomic E-state index is 0.493. The van der Waals surface area contributed by atoms with Gasteiger partial charge in [-0.15, -0.1) is 0 Å². The lowest BCUT2D eigenvalue weighted by Gasteiger charge is -2.20. The Kier molecular flexibility index (Phi) is 5.21. The normalized spacial score (nSPS) is 11.0. The van der Waals surface area contributed by atoms with Gasteiger partial charge in [0.05, 0.1) is 19.9 Å². The van der Waals surface area contributed by atoms with E-state index in [-0.39, 0.29) is 0 Å². The highest BCUT2D eigenvalue weighted by Crippen LogP contribution is 2.21. The predicted molar refractivity (Wildman–Crippen MR) is 79.4 cm³/mol. The first kappa shape index (κ1) is 14.6. The fraction of sp³-hybridized carbons (Fsp3) is 0.375. The van der Waals surface area contributed by atoms with Gasteiger partial charge in [0, 0.05) is 18.7 Å². The van der Waals surface area contributed by atoms with Crippen LogP contribution in [-0.2, 0) is 19.6 Å². The number of hydrogen-bond donors (Lipinski definition) is 1. The zero-order valence-corrected chi connectivity index (χ0v) is 12.1. The summed E-state index contributed by atoms with van der Waals surface area (Å²) >= 11 is 0. The second-order valence-electron chi connectivity index (χ2n) is 4.73. The highest BCUT2D eigenvalue weighted by Gasteiger charge is 2.09. The van der Waals surface area contributed by atoms with Gasteiger partial charge in [0.15, 0.2) is 0 Å². The Bertz CT molecular complexity index is 523. The first-order chi connectivity index (χ1) is 9.76. The summed E-state index contributed by atoms with van der Waals surface area (Å²) in [5.74, 6) is 1.84. The standard InChI is InChI=1S/C16H22N2O2/c1-3-18(12-15-5-4-8-20-15)11-13-6-7-14(10-17)16(9-13)19-2/h4-9H,3,10-12,17H2,1-2H3. The summed E-state index contributed by atoms with van der Waals surface area (Å²) in [5, 5.41) is 0. The SMILES string of the molecule is CCN(Cc1ccc(CN)c(OC)c1)Cc1ccco1. The lowest BCUT2D eigenvalue weighted by atomic mass is 10.1. The monoisotopic (exact) mass is 274 g/mol. The summed E-state index contributed by atoms with van der Waals surface area (Å²) in [7, 11) is 1.68. The molecule has 4 heteroatoms. The molecule has 1 aromatic heterocycles. The van der Waals surface area contributed by atoms with Gasteiger partial charge in [-0.3, -0.25) is 4.90 Å². The maximum Gasteiger partial charge on any atom is 0.123 e. The average molecular weight is 274 g/mol. The van der Waals surface area contributed by atoms with Gasteiger partial charge in [-0.2, -0.15) is 0 Å². The van der Waals surface area contributed by atoms with Crippen LogP contribution in [0.1, 0.15) is 23.8 Å². The van der Waals surface area contributed by atoms with Crippen molar-refractivity contribution in [2.24, 2.45) is 5.73 Å². The Morgan fingerprint density at radius 1 is 1.25 bits per heavy atom. The van der Waals surface area contributed by atoms with Gasteiger partial charge < -0.3 is 14.9 Å². The second kappa shape index (κ2) is 7.12. The molecule has 0 amide bonds. The highest BCUT2D eigenvalue weighted by molar-refractivity contribution is 5.37. The largest absolute Gasteiger partial charge is 0.496 e. The van der Waals surface area contributed by atoms with E-state index in [1.165, 1.54) is 5.56 Å². The van der Waals surface area contributed by atoms with Crippen molar-refractivity contribution >= 4 is 0 Å². The summed E-state index contributed by atoms with van der Waals surface area (Å²) in [5.41, 5.74) is 7.94. The molecule has 0 saturated carbocycles. The van der Waals surface area contributed by atoms with Crippen LogP contribution >= 0.6 is 0 Å². The van der Waals surface area contributed by atoms with Crippen LogP contribution in [0.3, 0.4) is 0 Å². The summed E-state index contributed by atoms with van der Waals surface area (Å²) in [4.78, 5) is 2.32. The summed E-state index contributed by atoms with van der Waals surface area (Å²) in [6.45, 7) is 5.27. The van der Waals surface area contributed by atoms with Gasteiger partial charge in [-0.05, 0) is 30.3 Å². The van der Waals surface area contributed by atoms with Crippen molar-refractivity contribution in [3.63, 3.8) is 0 Å². The first-order valence-electron chi connectivity index (χ1n) is 6.87. The Morgan fingerprint density at radius 2 is 2.10 bits per heavy atom. The maximum absolute atomic E-state index is 5.69. The van der Waals surface area contributed by atoms with E-state index in [4.69, 9.17) is 14.9 Å². The van der Waals surface area contributed by atoms with Gasteiger partial charge in [-0.25, -0.2) is 0 Å². The topological polar surface area (TPSA) is 51.6 Å². The molecule has 0 saturated heterocycles. The van der Waals surface area contributed by atoms with E-state index in [0.29, 0.717) is 6.54 Å². The number of rotatable bonds is 7. The molecule has 0 radical (unpaired) electrons. The zero-order chi connectivity index (χ0) is 14.4. The van der Waals surface area contributed by atoms with Gasteiger partial charge in [-0.1, -0.05) is 19.1 Å². The van der Waals surface area contributed by atoms with E-state index in [2.05, 4.69) is 24.0 Å². The van der Waals surface area contributed by atoms with E-state index in [1.807, 2.05) is 18.2 Å². The van der Waals surface area contributed by atoms with Crippen LogP contribution in [0.4, 0.5) is 0 Å². The summed E-state index contributed by atoms with van der Waals surface area (Å²) < 4.78 is 10.8. The van der Waals surface area contributed by atoms with Crippen LogP contribution in [0.5, 0.6) is 5.75 Å². The third-order valence-corrected chi connectivity index (χ3v) is 3.38. The molecule has 0 atom stereocenters. The van der Waals surface area contributed by atoms with Crippen molar-refractivity contribution in [3.8, 4) is 5.75 Å². The number of hydrogen-bond acceptors (Lipinski definition) is 4. The molecular formula is C16H22N2O2. The third-order valence-electron chi connectivity index (χ3n) is 3.38. The van der Waals surface area contributed by atoms with E-state index in [0.717, 1.165) is 36.7 Å². The lowest BCUT2D eigenvalue weighted by molar-refractivity contribution is 0.247. The zero-order valence-electron chi connectivity index (χ0n) is 12.1. The Labute approximate surface area is 120 Å². The molecule has 2 rings (SSSR count). The van der Waals surface area contributed by atoms with E-state index in [1.54, 1.807) is 13.4 Å². The van der Waals surface area contributed by atoms with E-state index >= 15 is 0 Å². The first-order valence-corrected chi connectivity index (χ1v) is 6.87. The number of furan rings is 1. The van der Waals surface area contributed by atoms with Crippen LogP contribution in [0.2, 0.25) is 0 Å². The minimum absolute atomic E-state index is 0.493. The van der Waals surface area contributed by atoms with E-state index in [9.17, 15) is 0 Å². The second-order valence-corrected chi connectivity index (χ2v) is 4.73. The van der Waals surface area contributed by atoms with Crippen LogP contribution < -0.4 is 10.5 Å².